The number of aliphatic carboxylic acids is 1. The van der Waals surface area contributed by atoms with E-state index in [1.54, 1.807) is 15.6 Å². The molecule has 1 atom stereocenters. The summed E-state index contributed by atoms with van der Waals surface area (Å²) in [6.07, 6.45) is 3.56. The molecule has 0 saturated heterocycles. The third-order valence-electron chi connectivity index (χ3n) is 2.47. The van der Waals surface area contributed by atoms with Crippen molar-refractivity contribution < 1.29 is 9.90 Å². The van der Waals surface area contributed by atoms with Crippen LogP contribution in [-0.2, 0) is 18.4 Å². The van der Waals surface area contributed by atoms with Gasteiger partial charge in [-0.1, -0.05) is 6.92 Å². The van der Waals surface area contributed by atoms with Gasteiger partial charge in [0.05, 0.1) is 6.33 Å². The number of rotatable bonds is 5. The molecule has 0 saturated carbocycles. The highest BCUT2D eigenvalue weighted by atomic mass is 16.4. The molecule has 2 aromatic rings. The summed E-state index contributed by atoms with van der Waals surface area (Å²) in [5, 5.41) is 20.1. The maximum atomic E-state index is 10.6. The Balaban J connectivity index is 2.15. The molecule has 18 heavy (non-hydrogen) atoms. The summed E-state index contributed by atoms with van der Waals surface area (Å²) < 4.78 is 3.38. The third kappa shape index (κ3) is 2.70. The lowest BCUT2D eigenvalue weighted by atomic mass is 10.1. The average molecular weight is 250 g/mol. The normalized spacial score (nSPS) is 12.6. The Morgan fingerprint density at radius 3 is 2.94 bits per heavy atom. The first-order valence-corrected chi connectivity index (χ1v) is 5.52. The highest BCUT2D eigenvalue weighted by molar-refractivity contribution is 5.66. The molecule has 0 fully saturated rings. The monoisotopic (exact) mass is 250 g/mol. The second-order valence-corrected chi connectivity index (χ2v) is 4.31. The summed E-state index contributed by atoms with van der Waals surface area (Å²) in [6, 6.07) is 0. The first kappa shape index (κ1) is 12.2. The minimum atomic E-state index is -0.824. The molecular weight excluding hydrogens is 236 g/mol. The third-order valence-corrected chi connectivity index (χ3v) is 2.47. The van der Waals surface area contributed by atoms with Gasteiger partial charge in [0.2, 0.25) is 5.82 Å². The number of nitrogens with zero attached hydrogens (tertiary/aromatic N) is 6. The van der Waals surface area contributed by atoms with Gasteiger partial charge in [-0.15, -0.1) is 5.10 Å². The summed E-state index contributed by atoms with van der Waals surface area (Å²) in [6.45, 7) is 2.29. The van der Waals surface area contributed by atoms with Crippen LogP contribution in [0.2, 0.25) is 0 Å². The van der Waals surface area contributed by atoms with Crippen molar-refractivity contribution in [2.24, 2.45) is 13.0 Å². The summed E-state index contributed by atoms with van der Waals surface area (Å²) in [5.41, 5.74) is 0.671. The predicted molar refractivity (Wildman–Crippen MR) is 61.4 cm³/mol. The van der Waals surface area contributed by atoms with Crippen LogP contribution < -0.4 is 0 Å². The van der Waals surface area contributed by atoms with E-state index in [1.165, 1.54) is 0 Å². The lowest BCUT2D eigenvalue weighted by molar-refractivity contribution is -0.138. The van der Waals surface area contributed by atoms with Crippen LogP contribution in [-0.4, -0.2) is 40.8 Å². The van der Waals surface area contributed by atoms with Crippen LogP contribution in [0.5, 0.6) is 0 Å². The number of aromatic nitrogens is 6. The summed E-state index contributed by atoms with van der Waals surface area (Å²) in [4.78, 5) is 14.8. The van der Waals surface area contributed by atoms with E-state index in [2.05, 4.69) is 20.5 Å². The summed E-state index contributed by atoms with van der Waals surface area (Å²) in [5.74, 6) is -0.323. The average Bonchev–Trinajstić information content (AvgIpc) is 2.85. The van der Waals surface area contributed by atoms with E-state index in [1.807, 2.05) is 20.2 Å². The van der Waals surface area contributed by atoms with Gasteiger partial charge in [-0.2, -0.15) is 0 Å². The number of hydrogen-bond donors (Lipinski definition) is 1. The zero-order valence-corrected chi connectivity index (χ0v) is 10.2. The standard InChI is InChI=1S/C10H14N6O2/c1-7(3-9(17)18)4-16-10(12-13-14-16)8-5-15(2)6-11-8/h5-7H,3-4H2,1-2H3,(H,17,18). The molecular formula is C10H14N6O2. The van der Waals surface area contributed by atoms with Crippen molar-refractivity contribution >= 4 is 5.97 Å². The minimum absolute atomic E-state index is 0.0477. The molecule has 0 aliphatic carbocycles. The highest BCUT2D eigenvalue weighted by Crippen LogP contribution is 2.14. The Hall–Kier alpha value is -2.25. The van der Waals surface area contributed by atoms with E-state index >= 15 is 0 Å². The molecule has 1 unspecified atom stereocenters. The number of aryl methyl sites for hydroxylation is 1. The number of hydrogen-bond acceptors (Lipinski definition) is 5. The van der Waals surface area contributed by atoms with Crippen molar-refractivity contribution in [2.75, 3.05) is 0 Å². The summed E-state index contributed by atoms with van der Waals surface area (Å²) >= 11 is 0. The highest BCUT2D eigenvalue weighted by Gasteiger charge is 2.15. The lowest BCUT2D eigenvalue weighted by Crippen LogP contribution is -2.14. The smallest absolute Gasteiger partial charge is 0.303 e. The van der Waals surface area contributed by atoms with Gasteiger partial charge in [-0.3, -0.25) is 4.79 Å². The molecule has 0 aromatic carbocycles. The number of tetrazole rings is 1. The Morgan fingerprint density at radius 1 is 1.56 bits per heavy atom. The predicted octanol–water partition coefficient (Wildman–Crippen LogP) is 0.184. The van der Waals surface area contributed by atoms with Gasteiger partial charge in [-0.05, 0) is 16.3 Å². The van der Waals surface area contributed by atoms with E-state index in [0.29, 0.717) is 18.1 Å². The van der Waals surface area contributed by atoms with Gasteiger partial charge in [0.25, 0.3) is 0 Å². The van der Waals surface area contributed by atoms with Crippen molar-refractivity contribution in [2.45, 2.75) is 19.9 Å². The maximum Gasteiger partial charge on any atom is 0.303 e. The van der Waals surface area contributed by atoms with Crippen molar-refractivity contribution in [3.63, 3.8) is 0 Å². The topological polar surface area (TPSA) is 98.7 Å². The van der Waals surface area contributed by atoms with E-state index < -0.39 is 5.97 Å². The van der Waals surface area contributed by atoms with Crippen LogP contribution in [0, 0.1) is 5.92 Å². The minimum Gasteiger partial charge on any atom is -0.481 e. The van der Waals surface area contributed by atoms with Crippen LogP contribution >= 0.6 is 0 Å². The first-order valence-electron chi connectivity index (χ1n) is 5.52. The largest absolute Gasteiger partial charge is 0.481 e. The fourth-order valence-corrected chi connectivity index (χ4v) is 1.70. The van der Waals surface area contributed by atoms with Crippen molar-refractivity contribution in [3.8, 4) is 11.5 Å². The molecule has 1 N–H and O–H groups in total. The van der Waals surface area contributed by atoms with Gasteiger partial charge in [0.1, 0.15) is 5.69 Å². The Morgan fingerprint density at radius 2 is 2.33 bits per heavy atom. The summed E-state index contributed by atoms with van der Waals surface area (Å²) in [7, 11) is 1.86. The molecule has 8 heteroatoms. The SMILES string of the molecule is CC(CC(=O)O)Cn1nnnc1-c1cn(C)cn1. The zero-order chi connectivity index (χ0) is 13.1. The van der Waals surface area contributed by atoms with E-state index in [4.69, 9.17) is 5.11 Å². The van der Waals surface area contributed by atoms with E-state index in [-0.39, 0.29) is 12.3 Å². The molecule has 2 heterocycles. The lowest BCUT2D eigenvalue weighted by Gasteiger charge is -2.08. The first-order chi connectivity index (χ1) is 8.56. The Labute approximate surface area is 103 Å². The number of carboxylic acids is 1. The molecule has 0 bridgehead atoms. The van der Waals surface area contributed by atoms with Gasteiger partial charge in [0, 0.05) is 26.2 Å². The quantitative estimate of drug-likeness (QED) is 0.813. The van der Waals surface area contributed by atoms with Crippen LogP contribution in [0.3, 0.4) is 0 Å². The van der Waals surface area contributed by atoms with Crippen LogP contribution in [0.15, 0.2) is 12.5 Å². The van der Waals surface area contributed by atoms with Gasteiger partial charge < -0.3 is 9.67 Å². The molecule has 0 aliphatic rings. The molecule has 2 aromatic heterocycles. The molecule has 2 rings (SSSR count). The Kier molecular flexibility index (Phi) is 3.35. The van der Waals surface area contributed by atoms with Crippen LogP contribution in [0.4, 0.5) is 0 Å². The fraction of sp³-hybridized carbons (Fsp3) is 0.500. The van der Waals surface area contributed by atoms with Crippen molar-refractivity contribution in [1.29, 1.82) is 0 Å². The number of carboxylic acid groups (broad SMARTS) is 1. The second-order valence-electron chi connectivity index (χ2n) is 4.31. The molecule has 0 amide bonds. The van der Waals surface area contributed by atoms with E-state index in [9.17, 15) is 4.79 Å². The Bertz CT molecular complexity index is 546. The second kappa shape index (κ2) is 4.94. The van der Waals surface area contributed by atoms with E-state index in [0.717, 1.165) is 0 Å². The molecule has 8 nitrogen and oxygen atoms in total. The molecule has 0 spiro atoms. The fourth-order valence-electron chi connectivity index (χ4n) is 1.70. The zero-order valence-electron chi connectivity index (χ0n) is 10.2. The maximum absolute atomic E-state index is 10.6. The molecule has 0 radical (unpaired) electrons. The van der Waals surface area contributed by atoms with Gasteiger partial charge in [0.15, 0.2) is 0 Å². The molecule has 96 valence electrons. The number of carbonyl (C=O) groups is 1. The van der Waals surface area contributed by atoms with Crippen molar-refractivity contribution in [1.82, 2.24) is 29.8 Å². The van der Waals surface area contributed by atoms with Crippen molar-refractivity contribution in [3.05, 3.63) is 12.5 Å². The van der Waals surface area contributed by atoms with Crippen LogP contribution in [0.25, 0.3) is 11.5 Å². The number of imidazole rings is 1. The van der Waals surface area contributed by atoms with Crippen LogP contribution in [0.1, 0.15) is 13.3 Å². The van der Waals surface area contributed by atoms with Gasteiger partial charge in [-0.25, -0.2) is 9.67 Å². The van der Waals surface area contributed by atoms with Gasteiger partial charge >= 0.3 is 5.97 Å². The molecule has 0 aliphatic heterocycles.